The van der Waals surface area contributed by atoms with Crippen LogP contribution in [0.15, 0.2) is 51.9 Å². The molecule has 0 saturated heterocycles. The Morgan fingerprint density at radius 1 is 1.23 bits per heavy atom. The quantitative estimate of drug-likeness (QED) is 0.381. The predicted molar refractivity (Wildman–Crippen MR) is 106 cm³/mol. The van der Waals surface area contributed by atoms with Gasteiger partial charge >= 0.3 is 0 Å². The topological polar surface area (TPSA) is 72.8 Å². The van der Waals surface area contributed by atoms with Crippen LogP contribution in [0.3, 0.4) is 0 Å². The summed E-state index contributed by atoms with van der Waals surface area (Å²) in [5.74, 6) is 1.31. The van der Waals surface area contributed by atoms with E-state index in [4.69, 9.17) is 9.47 Å². The Morgan fingerprint density at radius 2 is 2.04 bits per heavy atom. The number of hydrazone groups is 1. The Labute approximate surface area is 159 Å². The molecule has 0 radical (unpaired) electrons. The summed E-state index contributed by atoms with van der Waals surface area (Å²) in [7, 11) is 3.15. The minimum absolute atomic E-state index is 0.189. The zero-order valence-electron chi connectivity index (χ0n) is 14.3. The molecular formula is C18H17N3O3S2. The van der Waals surface area contributed by atoms with Gasteiger partial charge in [-0.15, -0.1) is 11.3 Å². The molecule has 0 fully saturated rings. The van der Waals surface area contributed by atoms with Crippen LogP contribution < -0.4 is 14.9 Å². The molecule has 3 rings (SSSR count). The summed E-state index contributed by atoms with van der Waals surface area (Å²) in [5.41, 5.74) is 4.26. The zero-order valence-corrected chi connectivity index (χ0v) is 15.9. The zero-order chi connectivity index (χ0) is 18.4. The molecule has 26 heavy (non-hydrogen) atoms. The van der Waals surface area contributed by atoms with Crippen molar-refractivity contribution in [1.82, 2.24) is 10.4 Å². The van der Waals surface area contributed by atoms with Gasteiger partial charge in [0.1, 0.15) is 0 Å². The molecule has 0 bridgehead atoms. The van der Waals surface area contributed by atoms with E-state index in [9.17, 15) is 4.79 Å². The minimum Gasteiger partial charge on any atom is -0.493 e. The highest BCUT2D eigenvalue weighted by atomic mass is 32.2. The predicted octanol–water partition coefficient (Wildman–Crippen LogP) is 3.56. The number of hydrogen-bond donors (Lipinski definition) is 1. The summed E-state index contributed by atoms with van der Waals surface area (Å²) in [6.45, 7) is 0. The number of nitrogens with one attached hydrogen (secondary N) is 1. The van der Waals surface area contributed by atoms with Crippen molar-refractivity contribution < 1.29 is 14.3 Å². The molecule has 0 spiro atoms. The lowest BCUT2D eigenvalue weighted by atomic mass is 10.2. The highest BCUT2D eigenvalue weighted by Gasteiger charge is 2.07. The monoisotopic (exact) mass is 387 g/mol. The van der Waals surface area contributed by atoms with Crippen molar-refractivity contribution >= 4 is 45.4 Å². The molecule has 134 valence electrons. The fraction of sp³-hybridized carbons (Fsp3) is 0.167. The van der Waals surface area contributed by atoms with Gasteiger partial charge in [-0.25, -0.2) is 10.4 Å². The van der Waals surface area contributed by atoms with Crippen LogP contribution in [0.4, 0.5) is 0 Å². The maximum Gasteiger partial charge on any atom is 0.250 e. The first-order valence-corrected chi connectivity index (χ1v) is 9.52. The highest BCUT2D eigenvalue weighted by molar-refractivity contribution is 8.01. The highest BCUT2D eigenvalue weighted by Crippen LogP contribution is 2.29. The number of nitrogens with zero attached hydrogens (tertiary/aromatic N) is 2. The third kappa shape index (κ3) is 4.53. The van der Waals surface area contributed by atoms with Crippen LogP contribution in [0.1, 0.15) is 5.56 Å². The summed E-state index contributed by atoms with van der Waals surface area (Å²) in [5, 5.41) is 3.98. The fourth-order valence-electron chi connectivity index (χ4n) is 2.18. The lowest BCUT2D eigenvalue weighted by molar-refractivity contribution is -0.118. The number of ether oxygens (including phenoxy) is 2. The van der Waals surface area contributed by atoms with E-state index in [1.54, 1.807) is 43.9 Å². The van der Waals surface area contributed by atoms with Gasteiger partial charge in [0.2, 0.25) is 0 Å². The third-order valence-electron chi connectivity index (χ3n) is 3.41. The summed E-state index contributed by atoms with van der Waals surface area (Å²) in [4.78, 5) is 16.4. The number of para-hydroxylation sites is 1. The van der Waals surface area contributed by atoms with E-state index in [1.807, 2.05) is 30.3 Å². The molecule has 1 amide bonds. The average molecular weight is 387 g/mol. The molecule has 0 unspecified atom stereocenters. The van der Waals surface area contributed by atoms with E-state index in [1.165, 1.54) is 11.8 Å². The third-order valence-corrected chi connectivity index (χ3v) is 5.59. The van der Waals surface area contributed by atoms with Gasteiger partial charge in [0.05, 0.1) is 36.4 Å². The van der Waals surface area contributed by atoms with Crippen LogP contribution in [-0.4, -0.2) is 37.1 Å². The molecule has 1 heterocycles. The summed E-state index contributed by atoms with van der Waals surface area (Å²) in [6, 6.07) is 13.3. The van der Waals surface area contributed by atoms with Crippen LogP contribution >= 0.6 is 23.1 Å². The molecule has 0 atom stereocenters. The summed E-state index contributed by atoms with van der Waals surface area (Å²) >= 11 is 2.97. The molecule has 3 aromatic rings. The van der Waals surface area contributed by atoms with Gasteiger partial charge in [-0.2, -0.15) is 5.10 Å². The van der Waals surface area contributed by atoms with Gasteiger partial charge < -0.3 is 9.47 Å². The number of thiazole rings is 1. The van der Waals surface area contributed by atoms with Gasteiger partial charge in [0, 0.05) is 0 Å². The smallest absolute Gasteiger partial charge is 0.250 e. The van der Waals surface area contributed by atoms with E-state index in [0.29, 0.717) is 11.5 Å². The molecule has 1 N–H and O–H groups in total. The van der Waals surface area contributed by atoms with Crippen molar-refractivity contribution in [1.29, 1.82) is 0 Å². The fourth-order valence-corrected chi connectivity index (χ4v) is 4.05. The molecule has 0 aliphatic carbocycles. The molecule has 6 nitrogen and oxygen atoms in total. The van der Waals surface area contributed by atoms with Crippen molar-refractivity contribution in [2.24, 2.45) is 5.10 Å². The number of benzene rings is 2. The second kappa shape index (κ2) is 8.68. The van der Waals surface area contributed by atoms with E-state index in [2.05, 4.69) is 15.5 Å². The lowest BCUT2D eigenvalue weighted by Crippen LogP contribution is -2.19. The summed E-state index contributed by atoms with van der Waals surface area (Å²) < 4.78 is 12.4. The van der Waals surface area contributed by atoms with Crippen LogP contribution in [0.2, 0.25) is 0 Å². The molecule has 0 aliphatic heterocycles. The number of hydrogen-bond acceptors (Lipinski definition) is 7. The molecule has 8 heteroatoms. The van der Waals surface area contributed by atoms with Crippen LogP contribution in [0, 0.1) is 0 Å². The number of amides is 1. The van der Waals surface area contributed by atoms with Crippen molar-refractivity contribution in [3.63, 3.8) is 0 Å². The normalized spacial score (nSPS) is 11.0. The van der Waals surface area contributed by atoms with Gasteiger partial charge in [0.25, 0.3) is 5.91 Å². The first-order chi connectivity index (χ1) is 12.7. The average Bonchev–Trinajstić information content (AvgIpc) is 3.09. The Morgan fingerprint density at radius 3 is 2.81 bits per heavy atom. The minimum atomic E-state index is -0.189. The molecule has 1 aromatic heterocycles. The van der Waals surface area contributed by atoms with Crippen LogP contribution in [0.25, 0.3) is 10.2 Å². The summed E-state index contributed by atoms with van der Waals surface area (Å²) in [6.07, 6.45) is 1.56. The maximum absolute atomic E-state index is 11.9. The Balaban J connectivity index is 1.52. The number of carbonyl (C=O) groups is 1. The van der Waals surface area contributed by atoms with Crippen molar-refractivity contribution in [2.45, 2.75) is 4.34 Å². The van der Waals surface area contributed by atoms with Crippen molar-refractivity contribution in [3.05, 3.63) is 48.0 Å². The first kappa shape index (κ1) is 18.2. The van der Waals surface area contributed by atoms with E-state index in [-0.39, 0.29) is 11.7 Å². The lowest BCUT2D eigenvalue weighted by Gasteiger charge is -2.07. The van der Waals surface area contributed by atoms with Gasteiger partial charge in [-0.1, -0.05) is 23.9 Å². The number of fused-ring (bicyclic) bond motifs is 1. The number of thioether (sulfide) groups is 1. The van der Waals surface area contributed by atoms with Gasteiger partial charge in [-0.3, -0.25) is 4.79 Å². The van der Waals surface area contributed by atoms with Crippen molar-refractivity contribution in [2.75, 3.05) is 20.0 Å². The van der Waals surface area contributed by atoms with Crippen LogP contribution in [-0.2, 0) is 4.79 Å². The molecule has 0 aliphatic rings. The van der Waals surface area contributed by atoms with E-state index in [0.717, 1.165) is 20.1 Å². The van der Waals surface area contributed by atoms with E-state index >= 15 is 0 Å². The van der Waals surface area contributed by atoms with Gasteiger partial charge in [0.15, 0.2) is 15.8 Å². The standard InChI is InChI=1S/C18H17N3O3S2/c1-23-14-8-7-12(9-15(14)24-2)10-19-21-17(22)11-25-18-20-13-5-3-4-6-16(13)26-18/h3-10H,11H2,1-2H3,(H,21,22)/b19-10+. The van der Waals surface area contributed by atoms with Crippen LogP contribution in [0.5, 0.6) is 11.5 Å². The second-order valence-corrected chi connectivity index (χ2v) is 7.40. The second-order valence-electron chi connectivity index (χ2n) is 5.14. The molecule has 0 saturated carbocycles. The number of aromatic nitrogens is 1. The Kier molecular flexibility index (Phi) is 6.08. The number of carbonyl (C=O) groups excluding carboxylic acids is 1. The largest absolute Gasteiger partial charge is 0.493 e. The Hall–Kier alpha value is -2.58. The first-order valence-electron chi connectivity index (χ1n) is 7.72. The molecule has 2 aromatic carbocycles. The number of methoxy groups -OCH3 is 2. The molecular weight excluding hydrogens is 370 g/mol. The van der Waals surface area contributed by atoms with Crippen molar-refractivity contribution in [3.8, 4) is 11.5 Å². The SMILES string of the molecule is COc1ccc(/C=N/NC(=O)CSc2nc3ccccc3s2)cc1OC. The van der Waals surface area contributed by atoms with Gasteiger partial charge in [-0.05, 0) is 35.9 Å². The maximum atomic E-state index is 11.9. The number of rotatable bonds is 7. The van der Waals surface area contributed by atoms with E-state index < -0.39 is 0 Å². The Bertz CT molecular complexity index is 907.